The second-order valence-electron chi connectivity index (χ2n) is 5.23. The maximum atomic E-state index is 10.4. The lowest BCUT2D eigenvalue weighted by molar-refractivity contribution is -0.147. The van der Waals surface area contributed by atoms with Crippen LogP contribution in [0.1, 0.15) is 19.3 Å². The summed E-state index contributed by atoms with van der Waals surface area (Å²) in [7, 11) is 0. The third kappa shape index (κ3) is 1.71. The van der Waals surface area contributed by atoms with E-state index < -0.39 is 5.60 Å². The van der Waals surface area contributed by atoms with Crippen molar-refractivity contribution in [3.8, 4) is 0 Å². The van der Waals surface area contributed by atoms with E-state index in [0.717, 1.165) is 38.3 Å². The van der Waals surface area contributed by atoms with Crippen LogP contribution in [0.4, 0.5) is 0 Å². The van der Waals surface area contributed by atoms with Crippen molar-refractivity contribution in [1.29, 1.82) is 0 Å². The van der Waals surface area contributed by atoms with E-state index in [0.29, 0.717) is 5.92 Å². The monoisotopic (exact) mass is 229 g/mol. The first-order valence-electron chi connectivity index (χ1n) is 5.87. The van der Waals surface area contributed by atoms with Crippen molar-refractivity contribution in [2.45, 2.75) is 30.5 Å². The first-order valence-corrected chi connectivity index (χ1v) is 7.03. The number of hydrogen-bond donors (Lipinski definition) is 2. The third-order valence-corrected chi connectivity index (χ3v) is 5.41. The Kier molecular flexibility index (Phi) is 2.51. The standard InChI is InChI=1S/C11H19NO2S/c13-11(6-12-7-11)9-1-3-14-10(5-9)2-4-15-8-10/h9,12-13H,1-8H2. The van der Waals surface area contributed by atoms with Crippen molar-refractivity contribution in [2.24, 2.45) is 5.92 Å². The average Bonchev–Trinajstić information content (AvgIpc) is 2.63. The minimum atomic E-state index is -0.427. The van der Waals surface area contributed by atoms with Gasteiger partial charge in [-0.1, -0.05) is 0 Å². The molecule has 0 aromatic heterocycles. The predicted octanol–water partition coefficient (Wildman–Crippen LogP) is 0.623. The van der Waals surface area contributed by atoms with Crippen molar-refractivity contribution in [1.82, 2.24) is 5.32 Å². The minimum Gasteiger partial charge on any atom is -0.387 e. The number of nitrogens with one attached hydrogen (secondary N) is 1. The Labute approximate surface area is 95.0 Å². The maximum Gasteiger partial charge on any atom is 0.0924 e. The molecule has 0 aliphatic carbocycles. The Hall–Kier alpha value is 0.230. The first-order chi connectivity index (χ1) is 7.23. The summed E-state index contributed by atoms with van der Waals surface area (Å²) in [6, 6.07) is 0. The molecule has 3 saturated heterocycles. The van der Waals surface area contributed by atoms with E-state index in [4.69, 9.17) is 4.74 Å². The van der Waals surface area contributed by atoms with Crippen LogP contribution in [0.2, 0.25) is 0 Å². The summed E-state index contributed by atoms with van der Waals surface area (Å²) in [4.78, 5) is 0. The molecule has 3 aliphatic rings. The lowest BCUT2D eigenvalue weighted by atomic mass is 9.72. The fourth-order valence-corrected chi connectivity index (χ4v) is 4.40. The van der Waals surface area contributed by atoms with Crippen LogP contribution >= 0.6 is 11.8 Å². The van der Waals surface area contributed by atoms with Crippen molar-refractivity contribution in [2.75, 3.05) is 31.2 Å². The topological polar surface area (TPSA) is 41.5 Å². The third-order valence-electron chi connectivity index (χ3n) is 4.18. The summed E-state index contributed by atoms with van der Waals surface area (Å²) >= 11 is 2.00. The van der Waals surface area contributed by atoms with Gasteiger partial charge in [0, 0.05) is 25.4 Å². The molecule has 0 amide bonds. The minimum absolute atomic E-state index is 0.110. The van der Waals surface area contributed by atoms with Gasteiger partial charge < -0.3 is 15.2 Å². The Morgan fingerprint density at radius 3 is 2.87 bits per heavy atom. The van der Waals surface area contributed by atoms with Gasteiger partial charge in [0.05, 0.1) is 11.2 Å². The quantitative estimate of drug-likeness (QED) is 0.692. The second-order valence-corrected chi connectivity index (χ2v) is 6.34. The van der Waals surface area contributed by atoms with Crippen molar-refractivity contribution >= 4 is 11.8 Å². The number of β-amino-alcohol motifs (C(OH)–C–C–N with tert-alkyl or cyclic N) is 1. The van der Waals surface area contributed by atoms with Crippen LogP contribution in [-0.4, -0.2) is 47.5 Å². The zero-order valence-corrected chi connectivity index (χ0v) is 9.81. The highest BCUT2D eigenvalue weighted by atomic mass is 32.2. The van der Waals surface area contributed by atoms with Gasteiger partial charge in [0.2, 0.25) is 0 Å². The number of rotatable bonds is 1. The number of hydrogen-bond acceptors (Lipinski definition) is 4. The fourth-order valence-electron chi connectivity index (χ4n) is 3.02. The second kappa shape index (κ2) is 3.62. The van der Waals surface area contributed by atoms with Gasteiger partial charge in [-0.05, 0) is 30.9 Å². The van der Waals surface area contributed by atoms with E-state index in [-0.39, 0.29) is 5.60 Å². The molecule has 4 heteroatoms. The largest absolute Gasteiger partial charge is 0.387 e. The van der Waals surface area contributed by atoms with E-state index >= 15 is 0 Å². The van der Waals surface area contributed by atoms with Crippen molar-refractivity contribution in [3.05, 3.63) is 0 Å². The molecule has 1 spiro atoms. The summed E-state index contributed by atoms with van der Waals surface area (Å²) in [6.45, 7) is 2.40. The van der Waals surface area contributed by atoms with Crippen LogP contribution in [0.3, 0.4) is 0 Å². The predicted molar refractivity (Wildman–Crippen MR) is 61.2 cm³/mol. The van der Waals surface area contributed by atoms with Crippen LogP contribution in [0.15, 0.2) is 0 Å². The molecular formula is C11H19NO2S. The van der Waals surface area contributed by atoms with Crippen molar-refractivity contribution in [3.63, 3.8) is 0 Å². The molecule has 2 atom stereocenters. The Balaban J connectivity index is 1.70. The highest BCUT2D eigenvalue weighted by Gasteiger charge is 2.49. The number of ether oxygens (including phenoxy) is 1. The molecule has 0 bridgehead atoms. The lowest BCUT2D eigenvalue weighted by Gasteiger charge is -2.49. The normalized spacial score (nSPS) is 44.2. The van der Waals surface area contributed by atoms with Crippen LogP contribution < -0.4 is 5.32 Å². The van der Waals surface area contributed by atoms with E-state index in [9.17, 15) is 5.11 Å². The summed E-state index contributed by atoms with van der Waals surface area (Å²) in [5.41, 5.74) is -0.317. The summed E-state index contributed by atoms with van der Waals surface area (Å²) < 4.78 is 5.97. The molecule has 0 saturated carbocycles. The maximum absolute atomic E-state index is 10.4. The van der Waals surface area contributed by atoms with Crippen LogP contribution in [0.25, 0.3) is 0 Å². The highest BCUT2D eigenvalue weighted by Crippen LogP contribution is 2.44. The first kappa shape index (κ1) is 10.4. The SMILES string of the molecule is OC1(C2CCOC3(CCSC3)C2)CNC1. The summed E-state index contributed by atoms with van der Waals surface area (Å²) in [5.74, 6) is 2.81. The Morgan fingerprint density at radius 1 is 1.40 bits per heavy atom. The molecule has 0 aromatic carbocycles. The molecule has 2 unspecified atom stereocenters. The van der Waals surface area contributed by atoms with Crippen LogP contribution in [-0.2, 0) is 4.74 Å². The van der Waals surface area contributed by atoms with E-state index in [2.05, 4.69) is 5.32 Å². The van der Waals surface area contributed by atoms with E-state index in [1.165, 1.54) is 12.2 Å². The molecule has 15 heavy (non-hydrogen) atoms. The Bertz CT molecular complexity index is 249. The Morgan fingerprint density at radius 2 is 2.27 bits per heavy atom. The van der Waals surface area contributed by atoms with E-state index in [1.54, 1.807) is 0 Å². The summed E-state index contributed by atoms with van der Waals surface area (Å²) in [5, 5.41) is 13.5. The number of thioether (sulfide) groups is 1. The molecule has 3 heterocycles. The zero-order chi connectivity index (χ0) is 10.4. The molecule has 3 fully saturated rings. The molecule has 3 rings (SSSR count). The van der Waals surface area contributed by atoms with Gasteiger partial charge in [-0.15, -0.1) is 0 Å². The molecule has 0 radical (unpaired) electrons. The molecule has 3 aliphatic heterocycles. The van der Waals surface area contributed by atoms with Gasteiger partial charge in [0.1, 0.15) is 0 Å². The number of aliphatic hydroxyl groups is 1. The van der Waals surface area contributed by atoms with Crippen LogP contribution in [0.5, 0.6) is 0 Å². The van der Waals surface area contributed by atoms with Gasteiger partial charge in [-0.2, -0.15) is 11.8 Å². The van der Waals surface area contributed by atoms with Gasteiger partial charge in [-0.3, -0.25) is 0 Å². The van der Waals surface area contributed by atoms with Crippen LogP contribution in [0, 0.1) is 5.92 Å². The summed E-state index contributed by atoms with van der Waals surface area (Å²) in [6.07, 6.45) is 3.28. The van der Waals surface area contributed by atoms with Crippen molar-refractivity contribution < 1.29 is 9.84 Å². The van der Waals surface area contributed by atoms with Gasteiger partial charge in [0.25, 0.3) is 0 Å². The smallest absolute Gasteiger partial charge is 0.0924 e. The molecule has 3 nitrogen and oxygen atoms in total. The van der Waals surface area contributed by atoms with Gasteiger partial charge in [-0.25, -0.2) is 0 Å². The molecule has 86 valence electrons. The average molecular weight is 229 g/mol. The van der Waals surface area contributed by atoms with Gasteiger partial charge >= 0.3 is 0 Å². The molecular weight excluding hydrogens is 210 g/mol. The highest BCUT2D eigenvalue weighted by molar-refractivity contribution is 7.99. The van der Waals surface area contributed by atoms with E-state index in [1.807, 2.05) is 11.8 Å². The fraction of sp³-hybridized carbons (Fsp3) is 1.00. The zero-order valence-electron chi connectivity index (χ0n) is 9.00. The molecule has 0 aromatic rings. The van der Waals surface area contributed by atoms with Gasteiger partial charge in [0.15, 0.2) is 0 Å². The molecule has 2 N–H and O–H groups in total. The lowest BCUT2D eigenvalue weighted by Crippen LogP contribution is -2.65.